The summed E-state index contributed by atoms with van der Waals surface area (Å²) in [5, 5.41) is 49.9. The predicted molar refractivity (Wildman–Crippen MR) is 456 cm³/mol. The van der Waals surface area contributed by atoms with E-state index in [-0.39, 0.29) is 157 Å². The van der Waals surface area contributed by atoms with Crippen LogP contribution in [0.4, 0.5) is 0 Å². The van der Waals surface area contributed by atoms with Crippen LogP contribution in [-0.2, 0) is 84.8 Å². The number of ketones is 10. The van der Waals surface area contributed by atoms with Crippen molar-refractivity contribution in [2.24, 2.45) is 23.1 Å². The highest BCUT2D eigenvalue weighted by Crippen LogP contribution is 2.23. The summed E-state index contributed by atoms with van der Waals surface area (Å²) in [5.41, 5.74) is 16.7. The second-order valence-corrected chi connectivity index (χ2v) is 32.7. The molecule has 0 saturated carbocycles. The number of hydrogen-bond donors (Lipinski definition) is 18. The van der Waals surface area contributed by atoms with Crippen LogP contribution in [0.2, 0.25) is 0 Å². The van der Waals surface area contributed by atoms with Crippen molar-refractivity contribution >= 4 is 98.3 Å². The van der Waals surface area contributed by atoms with Gasteiger partial charge in [0.15, 0.2) is 46.3 Å². The summed E-state index contributed by atoms with van der Waals surface area (Å²) >= 11 is 0. The molecule has 1 aliphatic heterocycles. The molecule has 0 radical (unpaired) electrons. The predicted octanol–water partition coefficient (Wildman–Crippen LogP) is 2.13. The lowest BCUT2D eigenvalue weighted by atomic mass is 9.87. The first kappa shape index (κ1) is 102. The number of aromatic hydroxyl groups is 1. The van der Waals surface area contributed by atoms with Crippen molar-refractivity contribution < 1.29 is 77.0 Å². The highest BCUT2D eigenvalue weighted by Gasteiger charge is 2.39. The smallest absolute Gasteiger partial charge is 0.243 e. The van der Waals surface area contributed by atoms with Gasteiger partial charge in [0, 0.05) is 102 Å². The molecular weight excluding hydrogens is 1530 g/mol. The zero-order valence-electron chi connectivity index (χ0n) is 72.0. The maximum absolute atomic E-state index is 14.8. The topological polar surface area (TPSA) is 527 Å². The number of carbonyl (C=O) groups excluding carboxylic acids is 15. The van der Waals surface area contributed by atoms with Crippen LogP contribution in [0, 0.1) is 5.92 Å². The third-order valence-corrected chi connectivity index (χ3v) is 22.0. The number of phenolic OH excluding ortho intramolecular Hbond substituents is 1. The Kier molecular flexibility index (Phi) is 45.7. The molecule has 2 aromatic carbocycles. The van der Waals surface area contributed by atoms with Crippen LogP contribution in [0.15, 0.2) is 66.9 Å². The van der Waals surface area contributed by atoms with Crippen molar-refractivity contribution in [3.8, 4) is 5.75 Å². The zero-order chi connectivity index (χ0) is 88.5. The van der Waals surface area contributed by atoms with Crippen LogP contribution in [0.5, 0.6) is 5.75 Å². The molecule has 1 aliphatic rings. The third-order valence-electron chi connectivity index (χ3n) is 22.0. The number of para-hydroxylation sites is 1. The normalized spacial score (nSPS) is 23.2. The minimum Gasteiger partial charge on any atom is -0.508 e. The van der Waals surface area contributed by atoms with Crippen molar-refractivity contribution in [1.82, 2.24) is 74.1 Å². The fourth-order valence-corrected chi connectivity index (χ4v) is 13.3. The van der Waals surface area contributed by atoms with Gasteiger partial charge in [0.2, 0.25) is 29.5 Å². The molecule has 3 aromatic rings. The molecule has 0 aliphatic carbocycles. The minimum absolute atomic E-state index is 0.000836. The summed E-state index contributed by atoms with van der Waals surface area (Å²) in [7, 11) is 0. The molecule has 0 bridgehead atoms. The van der Waals surface area contributed by atoms with E-state index >= 15 is 0 Å². The standard InChI is InChI=1S/C86H137N17O16/c1-52(2)42-69-84(119)103-86(12,79(114)48-93-56(6)73(108)35-40-91-54(4)71(106)32-31-70(105)53(3)90-39-34-72(107)55(5)92-41-36-74(109)57(7)95-49-98-60(10)81(88)116)38-23-19-17-15-13-14-16-18-22-37-85(11,89)78(113)46-76(111)59(9)97-51-100-68(43-61-26-28-63(104)29-27-61)83(118)101-67(44-62-47-94-65-25-21-20-24-64(62)65)77(112)45-75(110)58(8)96-50-99-66(82(117)102-69)30-33-80(87)115/h15,17,20-21,24-29,47,52-60,66-69,90-100,104H,13-14,16,18-19,22-23,30-46,48-51,89H2,1-12H3,(H2,87,115)(H2,88,116)(H,101,118)(H,102,117)(H,103,119)/t53-,54-,55-,56-,57-,58-,59-,60+,66-,67-,68-,69-,85+,86-/m0/s1. The van der Waals surface area contributed by atoms with E-state index in [1.165, 1.54) is 19.1 Å². The van der Waals surface area contributed by atoms with E-state index in [0.717, 1.165) is 36.6 Å². The van der Waals surface area contributed by atoms with E-state index in [1.807, 2.05) is 50.3 Å². The minimum atomic E-state index is -1.55. The third kappa shape index (κ3) is 38.2. The monoisotopic (exact) mass is 1660 g/mol. The zero-order valence-corrected chi connectivity index (χ0v) is 72.0. The number of nitrogens with two attached hydrogens (primary N) is 3. The first-order valence-electron chi connectivity index (χ1n) is 42.1. The van der Waals surface area contributed by atoms with Crippen LogP contribution in [0.1, 0.15) is 216 Å². The lowest BCUT2D eigenvalue weighted by Gasteiger charge is -2.33. The molecule has 0 spiro atoms. The van der Waals surface area contributed by atoms with Crippen molar-refractivity contribution in [2.45, 2.75) is 302 Å². The van der Waals surface area contributed by atoms with Gasteiger partial charge in [0.1, 0.15) is 23.4 Å². The number of H-pyrrole nitrogens is 1. The number of fused-ring (bicyclic) bond motifs is 1. The highest BCUT2D eigenvalue weighted by molar-refractivity contribution is 6.06. The molecule has 119 heavy (non-hydrogen) atoms. The summed E-state index contributed by atoms with van der Waals surface area (Å²) in [4.78, 5) is 206. The molecule has 0 saturated heterocycles. The number of benzene rings is 2. The number of nitrogens with one attached hydrogen (secondary N) is 14. The van der Waals surface area contributed by atoms with Gasteiger partial charge >= 0.3 is 0 Å². The summed E-state index contributed by atoms with van der Waals surface area (Å²) in [6.45, 7) is 20.0. The Hall–Kier alpha value is -8.87. The maximum atomic E-state index is 14.8. The van der Waals surface area contributed by atoms with Crippen molar-refractivity contribution in [3.63, 3.8) is 0 Å². The van der Waals surface area contributed by atoms with Gasteiger partial charge in [0.25, 0.3) is 0 Å². The molecule has 0 unspecified atom stereocenters. The Balaban J connectivity index is 1.45. The van der Waals surface area contributed by atoms with Crippen LogP contribution in [0.3, 0.4) is 0 Å². The number of rotatable bonds is 38. The van der Waals surface area contributed by atoms with Crippen LogP contribution >= 0.6 is 0 Å². The van der Waals surface area contributed by atoms with Gasteiger partial charge < -0.3 is 64.5 Å². The van der Waals surface area contributed by atoms with Crippen LogP contribution in [-0.4, -0.2) is 227 Å². The average molecular weight is 1670 g/mol. The molecule has 662 valence electrons. The fourth-order valence-electron chi connectivity index (χ4n) is 13.3. The van der Waals surface area contributed by atoms with Gasteiger partial charge in [-0.2, -0.15) is 0 Å². The molecule has 1 aromatic heterocycles. The van der Waals surface area contributed by atoms with Gasteiger partial charge in [-0.25, -0.2) is 0 Å². The molecule has 14 atom stereocenters. The van der Waals surface area contributed by atoms with E-state index in [2.05, 4.69) is 74.1 Å². The number of phenols is 1. The Labute approximate surface area is 700 Å². The van der Waals surface area contributed by atoms with Gasteiger partial charge in [-0.15, -0.1) is 0 Å². The number of carbonyl (C=O) groups is 15. The van der Waals surface area contributed by atoms with E-state index in [1.54, 1.807) is 80.6 Å². The summed E-state index contributed by atoms with van der Waals surface area (Å²) in [6, 6.07) is 3.23. The highest BCUT2D eigenvalue weighted by atomic mass is 16.3. The molecular formula is C86H137N17O16. The van der Waals surface area contributed by atoms with E-state index < -0.39 is 155 Å². The average Bonchev–Trinajstić information content (AvgIpc) is 1.81. The van der Waals surface area contributed by atoms with Crippen LogP contribution < -0.4 is 86.3 Å². The molecule has 4 rings (SSSR count). The van der Waals surface area contributed by atoms with Gasteiger partial charge in [-0.05, 0) is 162 Å². The quantitative estimate of drug-likeness (QED) is 0.0222. The number of primary amides is 2. The van der Waals surface area contributed by atoms with Crippen molar-refractivity contribution in [2.75, 3.05) is 46.2 Å². The Morgan fingerprint density at radius 3 is 1.57 bits per heavy atom. The number of aromatic nitrogens is 1. The lowest BCUT2D eigenvalue weighted by Crippen LogP contribution is -2.61. The van der Waals surface area contributed by atoms with Gasteiger partial charge in [-0.3, -0.25) is 104 Å². The number of Topliss-reactive ketones (excluding diaryl/α,β-unsaturated/α-hetero) is 10. The molecule has 21 N–H and O–H groups in total. The summed E-state index contributed by atoms with van der Waals surface area (Å²) < 4.78 is 0. The van der Waals surface area contributed by atoms with E-state index in [0.29, 0.717) is 36.8 Å². The Bertz CT molecular complexity index is 3880. The maximum Gasteiger partial charge on any atom is 0.243 e. The molecule has 33 nitrogen and oxygen atoms in total. The lowest BCUT2D eigenvalue weighted by molar-refractivity contribution is -0.135. The molecule has 5 amide bonds. The molecule has 2 heterocycles. The molecule has 0 fully saturated rings. The molecule has 33 heteroatoms. The number of aromatic amines is 1. The Morgan fingerprint density at radius 1 is 0.513 bits per heavy atom. The second-order valence-electron chi connectivity index (χ2n) is 32.7. The van der Waals surface area contributed by atoms with E-state index in [4.69, 9.17) is 17.2 Å². The van der Waals surface area contributed by atoms with Crippen molar-refractivity contribution in [3.05, 3.63) is 78.0 Å². The van der Waals surface area contributed by atoms with Crippen LogP contribution in [0.25, 0.3) is 10.9 Å². The van der Waals surface area contributed by atoms with Crippen molar-refractivity contribution in [1.29, 1.82) is 0 Å². The number of amides is 5. The fraction of sp³-hybridized carbons (Fsp3) is 0.640. The van der Waals surface area contributed by atoms with E-state index in [9.17, 15) is 77.0 Å². The summed E-state index contributed by atoms with van der Waals surface area (Å²) in [6.07, 6.45) is 9.78. The first-order chi connectivity index (χ1) is 56.2. The largest absolute Gasteiger partial charge is 0.508 e. The Morgan fingerprint density at radius 2 is 1.01 bits per heavy atom. The summed E-state index contributed by atoms with van der Waals surface area (Å²) in [5.74, 6) is -6.84. The number of hydrogen-bond acceptors (Lipinski definition) is 27. The second kappa shape index (κ2) is 53.0. The SMILES string of the molecule is CC(C)C[C@@H]1NC(=O)[C@H](CCC(N)=O)NCN[C@@H](C)C(=O)CC(=O)[C@H](Cc2c[nH]c3ccccc23)NC(=O)[C@H](Cc2ccc(O)cc2)NCN[C@@H](C)C(=O)CC(=O)[C@](C)(N)CCCCCCC=CCCC[C@@](C)(C(=O)CN[C@@H](C)C(=O)CCN[C@@H](C)C(=O)CCC(=O)[C@H](C)NCCC(=O)[C@H](C)NCCC(=O)[C@H](C)NCN[C@H](C)C(N)=O)NC1=O. The first-order valence-corrected chi connectivity index (χ1v) is 42.1. The van der Waals surface area contributed by atoms with Gasteiger partial charge in [-0.1, -0.05) is 75.6 Å². The van der Waals surface area contributed by atoms with Gasteiger partial charge in [0.05, 0.1) is 96.9 Å². The number of allylic oxidation sites excluding steroid dienone is 2.